The molecule has 0 bridgehead atoms. The molecule has 0 heterocycles. The van der Waals surface area contributed by atoms with E-state index in [2.05, 4.69) is 28.6 Å². The number of hydrogen-bond acceptors (Lipinski definition) is 6. The molecule has 9 nitrogen and oxygen atoms in total. The summed E-state index contributed by atoms with van der Waals surface area (Å²) in [6.45, 7) is 7.66. The highest BCUT2D eigenvalue weighted by molar-refractivity contribution is 7.81. The first-order chi connectivity index (χ1) is 16.9. The lowest BCUT2D eigenvalue weighted by atomic mass is 9.90. The largest absolute Gasteiger partial charge is 0.497 e. The lowest BCUT2D eigenvalue weighted by Gasteiger charge is -2.27. The standard InChI is InChI=1S/C26H41N3O6S/c1-15(2)11-19(22(36)14-23(30)28-21(26(33)34)12-16(3)4)24(31)29-20(25(32)27-5)13-17-7-9-18(35-6)10-8-17/h7-10,15-16,19-22,36H,11-14H2,1-6H3,(H,27,32)(H,28,30)(H,29,31)(H,33,34)/t19-,20-,21?,22-/m0/s1. The van der Waals surface area contributed by atoms with Gasteiger partial charge in [0.05, 0.1) is 13.0 Å². The van der Waals surface area contributed by atoms with E-state index in [-0.39, 0.29) is 36.5 Å². The summed E-state index contributed by atoms with van der Waals surface area (Å²) in [4.78, 5) is 50.0. The zero-order valence-electron chi connectivity index (χ0n) is 22.0. The first-order valence-corrected chi connectivity index (χ1v) is 12.7. The number of methoxy groups -OCH3 is 1. The molecule has 4 N–H and O–H groups in total. The van der Waals surface area contributed by atoms with Gasteiger partial charge in [-0.1, -0.05) is 39.8 Å². The summed E-state index contributed by atoms with van der Waals surface area (Å²) in [5, 5.41) is 16.7. The van der Waals surface area contributed by atoms with Crippen molar-refractivity contribution in [1.29, 1.82) is 0 Å². The fourth-order valence-electron chi connectivity index (χ4n) is 3.88. The van der Waals surface area contributed by atoms with Crippen LogP contribution < -0.4 is 20.7 Å². The van der Waals surface area contributed by atoms with Crippen LogP contribution in [0.1, 0.15) is 52.5 Å². The highest BCUT2D eigenvalue weighted by Gasteiger charge is 2.32. The molecule has 0 aliphatic rings. The Morgan fingerprint density at radius 2 is 1.50 bits per heavy atom. The van der Waals surface area contributed by atoms with E-state index in [1.54, 1.807) is 19.2 Å². The number of hydrogen-bond donors (Lipinski definition) is 5. The molecule has 0 aromatic heterocycles. The van der Waals surface area contributed by atoms with E-state index in [4.69, 9.17) is 4.74 Å². The zero-order chi connectivity index (χ0) is 27.4. The van der Waals surface area contributed by atoms with Gasteiger partial charge in [-0.3, -0.25) is 14.4 Å². The molecule has 0 aliphatic heterocycles. The molecule has 3 amide bonds. The fourth-order valence-corrected chi connectivity index (χ4v) is 4.31. The van der Waals surface area contributed by atoms with Crippen molar-refractivity contribution in [2.24, 2.45) is 17.8 Å². The molecule has 0 saturated carbocycles. The molecular weight excluding hydrogens is 482 g/mol. The SMILES string of the molecule is CNC(=O)[C@H](Cc1ccc(OC)cc1)NC(=O)[C@@H](CC(C)C)[C@@H](S)CC(=O)NC(CC(C)C)C(=O)O. The Labute approximate surface area is 219 Å². The number of thiol groups is 1. The van der Waals surface area contributed by atoms with E-state index in [1.807, 2.05) is 39.8 Å². The predicted octanol–water partition coefficient (Wildman–Crippen LogP) is 2.43. The van der Waals surface area contributed by atoms with Gasteiger partial charge in [0.2, 0.25) is 17.7 Å². The van der Waals surface area contributed by atoms with Gasteiger partial charge >= 0.3 is 5.97 Å². The molecule has 1 unspecified atom stereocenters. The second-order valence-corrected chi connectivity index (χ2v) is 10.5. The smallest absolute Gasteiger partial charge is 0.326 e. The molecule has 0 aliphatic carbocycles. The van der Waals surface area contributed by atoms with Crippen molar-refractivity contribution >= 4 is 36.3 Å². The van der Waals surface area contributed by atoms with Crippen molar-refractivity contribution in [3.05, 3.63) is 29.8 Å². The summed E-state index contributed by atoms with van der Waals surface area (Å²) in [6.07, 6.45) is 0.897. The van der Waals surface area contributed by atoms with Crippen molar-refractivity contribution in [3.8, 4) is 5.75 Å². The third kappa shape index (κ3) is 10.9. The summed E-state index contributed by atoms with van der Waals surface area (Å²) in [7, 11) is 3.07. The van der Waals surface area contributed by atoms with E-state index >= 15 is 0 Å². The molecule has 1 aromatic carbocycles. The fraction of sp³-hybridized carbons (Fsp3) is 0.615. The number of ether oxygens (including phenoxy) is 1. The average molecular weight is 524 g/mol. The molecule has 0 saturated heterocycles. The van der Waals surface area contributed by atoms with Gasteiger partial charge in [-0.15, -0.1) is 0 Å². The maximum absolute atomic E-state index is 13.3. The Balaban J connectivity index is 2.97. The Morgan fingerprint density at radius 3 is 1.97 bits per heavy atom. The summed E-state index contributed by atoms with van der Waals surface area (Å²) >= 11 is 4.56. The number of carbonyl (C=O) groups excluding carboxylic acids is 3. The van der Waals surface area contributed by atoms with Gasteiger partial charge in [-0.05, 0) is 42.4 Å². The van der Waals surface area contributed by atoms with Crippen LogP contribution in [0.2, 0.25) is 0 Å². The number of rotatable bonds is 15. The number of carboxylic acid groups (broad SMARTS) is 1. The second kappa shape index (κ2) is 15.4. The van der Waals surface area contributed by atoms with Crippen LogP contribution in [0.3, 0.4) is 0 Å². The molecule has 0 radical (unpaired) electrons. The van der Waals surface area contributed by atoms with Gasteiger partial charge in [-0.2, -0.15) is 12.6 Å². The topological polar surface area (TPSA) is 134 Å². The Morgan fingerprint density at radius 1 is 0.917 bits per heavy atom. The summed E-state index contributed by atoms with van der Waals surface area (Å²) < 4.78 is 5.17. The molecule has 1 aromatic rings. The highest BCUT2D eigenvalue weighted by atomic mass is 32.1. The van der Waals surface area contributed by atoms with Crippen LogP contribution >= 0.6 is 12.6 Å². The third-order valence-corrected chi connectivity index (χ3v) is 6.28. The molecule has 10 heteroatoms. The van der Waals surface area contributed by atoms with Crippen molar-refractivity contribution in [2.45, 2.75) is 70.7 Å². The lowest BCUT2D eigenvalue weighted by molar-refractivity contribution is -0.142. The van der Waals surface area contributed by atoms with Gasteiger partial charge in [0, 0.05) is 25.1 Å². The number of benzene rings is 1. The van der Waals surface area contributed by atoms with E-state index in [9.17, 15) is 24.3 Å². The van der Waals surface area contributed by atoms with E-state index in [0.29, 0.717) is 18.6 Å². The Bertz CT molecular complexity index is 875. The quantitative estimate of drug-likeness (QED) is 0.224. The minimum atomic E-state index is -1.10. The monoisotopic (exact) mass is 523 g/mol. The van der Waals surface area contributed by atoms with Crippen molar-refractivity contribution in [3.63, 3.8) is 0 Å². The van der Waals surface area contributed by atoms with E-state index in [1.165, 1.54) is 7.05 Å². The number of carbonyl (C=O) groups is 4. The maximum atomic E-state index is 13.3. The first kappa shape index (κ1) is 31.3. The number of nitrogens with one attached hydrogen (secondary N) is 3. The van der Waals surface area contributed by atoms with Crippen LogP contribution in [-0.2, 0) is 25.6 Å². The average Bonchev–Trinajstić information content (AvgIpc) is 2.80. The van der Waals surface area contributed by atoms with Gasteiger partial charge in [0.25, 0.3) is 0 Å². The molecular formula is C26H41N3O6S. The van der Waals surface area contributed by atoms with Gasteiger partial charge in [-0.25, -0.2) is 4.79 Å². The summed E-state index contributed by atoms with van der Waals surface area (Å²) in [6, 6.07) is 5.40. The van der Waals surface area contributed by atoms with Crippen LogP contribution in [0.15, 0.2) is 24.3 Å². The number of amides is 3. The van der Waals surface area contributed by atoms with E-state index in [0.717, 1.165) is 5.56 Å². The van der Waals surface area contributed by atoms with Crippen LogP contribution in [0.4, 0.5) is 0 Å². The minimum Gasteiger partial charge on any atom is -0.497 e. The minimum absolute atomic E-state index is 0.0880. The molecule has 4 atom stereocenters. The van der Waals surface area contributed by atoms with Gasteiger partial charge in [0.1, 0.15) is 17.8 Å². The zero-order valence-corrected chi connectivity index (χ0v) is 22.9. The lowest BCUT2D eigenvalue weighted by Crippen LogP contribution is -2.50. The number of likely N-dealkylation sites (N-methyl/N-ethyl adjacent to an activating group) is 1. The second-order valence-electron chi connectivity index (χ2n) is 9.82. The van der Waals surface area contributed by atoms with Crippen LogP contribution in [0, 0.1) is 17.8 Å². The molecule has 0 spiro atoms. The number of carboxylic acids is 1. The maximum Gasteiger partial charge on any atom is 0.326 e. The first-order valence-electron chi connectivity index (χ1n) is 12.2. The van der Waals surface area contributed by atoms with E-state index < -0.39 is 35.1 Å². The predicted molar refractivity (Wildman–Crippen MR) is 142 cm³/mol. The molecule has 0 fully saturated rings. The van der Waals surface area contributed by atoms with Crippen LogP contribution in [0.25, 0.3) is 0 Å². The normalized spacial score (nSPS) is 14.5. The molecule has 202 valence electrons. The summed E-state index contributed by atoms with van der Waals surface area (Å²) in [5.41, 5.74) is 0.844. The molecule has 1 rings (SSSR count). The Hall–Kier alpha value is -2.75. The third-order valence-electron chi connectivity index (χ3n) is 5.74. The number of aliphatic carboxylic acids is 1. The van der Waals surface area contributed by atoms with Crippen LogP contribution in [0.5, 0.6) is 5.75 Å². The van der Waals surface area contributed by atoms with Crippen molar-refractivity contribution < 1.29 is 29.0 Å². The van der Waals surface area contributed by atoms with Gasteiger partial charge < -0.3 is 25.8 Å². The molecule has 36 heavy (non-hydrogen) atoms. The van der Waals surface area contributed by atoms with Gasteiger partial charge in [0.15, 0.2) is 0 Å². The summed E-state index contributed by atoms with van der Waals surface area (Å²) in [5.74, 6) is -2.05. The van der Waals surface area contributed by atoms with Crippen molar-refractivity contribution in [1.82, 2.24) is 16.0 Å². The van der Waals surface area contributed by atoms with Crippen molar-refractivity contribution in [2.75, 3.05) is 14.2 Å². The van der Waals surface area contributed by atoms with Crippen LogP contribution in [-0.4, -0.2) is 60.3 Å². The highest BCUT2D eigenvalue weighted by Crippen LogP contribution is 2.23. The Kier molecular flexibility index (Phi) is 13.4.